The minimum atomic E-state index is -0.231. The van der Waals surface area contributed by atoms with Gasteiger partial charge in [0.1, 0.15) is 0 Å². The van der Waals surface area contributed by atoms with E-state index in [2.05, 4.69) is 42.7 Å². The third kappa shape index (κ3) is 5.00. The summed E-state index contributed by atoms with van der Waals surface area (Å²) in [7, 11) is 0. The van der Waals surface area contributed by atoms with Crippen molar-refractivity contribution in [3.8, 4) is 0 Å². The van der Waals surface area contributed by atoms with E-state index in [9.17, 15) is 4.79 Å². The molecule has 0 unspecified atom stereocenters. The molecule has 7 nitrogen and oxygen atoms in total. The van der Waals surface area contributed by atoms with Crippen LogP contribution in [0.1, 0.15) is 32.9 Å². The lowest BCUT2D eigenvalue weighted by atomic mass is 10.1. The molecular weight excluding hydrogens is 400 g/mol. The van der Waals surface area contributed by atoms with Gasteiger partial charge in [0.25, 0.3) is 5.91 Å². The number of rotatable bonds is 5. The number of amides is 1. The number of aliphatic imine (C=N–C) groups is 1. The fourth-order valence-corrected chi connectivity index (χ4v) is 3.63. The number of aromatic nitrogens is 3. The second kappa shape index (κ2) is 9.43. The average molecular weight is 427 g/mol. The molecule has 0 saturated heterocycles. The fraction of sp³-hybridized carbons (Fsp3) is 0.200. The van der Waals surface area contributed by atoms with Crippen LogP contribution >= 0.6 is 0 Å². The van der Waals surface area contributed by atoms with E-state index in [1.165, 1.54) is 10.9 Å². The number of carbonyl (C=O) groups excluding carboxylic acids is 1. The van der Waals surface area contributed by atoms with E-state index in [1.807, 2.05) is 63.4 Å². The zero-order valence-electron chi connectivity index (χ0n) is 18.4. The summed E-state index contributed by atoms with van der Waals surface area (Å²) in [5, 5.41) is 7.16. The van der Waals surface area contributed by atoms with Gasteiger partial charge in [0.2, 0.25) is 11.9 Å². The zero-order chi connectivity index (χ0) is 22.5. The highest BCUT2D eigenvalue weighted by Crippen LogP contribution is 2.18. The molecule has 0 aliphatic rings. The van der Waals surface area contributed by atoms with Crippen LogP contribution in [0, 0.1) is 20.8 Å². The normalized spacial score (nSPS) is 11.5. The second-order valence-electron chi connectivity index (χ2n) is 7.71. The maximum absolute atomic E-state index is 12.9. The van der Waals surface area contributed by atoms with Crippen LogP contribution in [-0.2, 0) is 6.42 Å². The van der Waals surface area contributed by atoms with Crippen molar-refractivity contribution in [3.63, 3.8) is 0 Å². The SMILES string of the molecule is Cc1cc(C)nc(NC(=NCCc2c[nH]c3ccccc23)NC(=O)c2ccccc2C)n1. The smallest absolute Gasteiger partial charge is 0.258 e. The van der Waals surface area contributed by atoms with Gasteiger partial charge in [0, 0.05) is 40.6 Å². The van der Waals surface area contributed by atoms with E-state index in [0.717, 1.165) is 28.9 Å². The van der Waals surface area contributed by atoms with Crippen LogP contribution in [0.25, 0.3) is 10.9 Å². The third-order valence-corrected chi connectivity index (χ3v) is 5.16. The van der Waals surface area contributed by atoms with Gasteiger partial charge in [0.15, 0.2) is 0 Å². The van der Waals surface area contributed by atoms with Crippen LogP contribution in [-0.4, -0.2) is 33.4 Å². The Labute approximate surface area is 187 Å². The van der Waals surface area contributed by atoms with Crippen LogP contribution in [0.4, 0.5) is 5.95 Å². The number of H-pyrrole nitrogens is 1. The Morgan fingerprint density at radius 1 is 1.00 bits per heavy atom. The number of guanidine groups is 1. The summed E-state index contributed by atoms with van der Waals surface area (Å²) in [5.41, 5.74) is 5.44. The summed E-state index contributed by atoms with van der Waals surface area (Å²) < 4.78 is 0. The molecule has 2 heterocycles. The first-order valence-electron chi connectivity index (χ1n) is 10.6. The Balaban J connectivity index is 1.55. The molecule has 162 valence electrons. The highest BCUT2D eigenvalue weighted by atomic mass is 16.1. The number of hydrogen-bond donors (Lipinski definition) is 3. The maximum Gasteiger partial charge on any atom is 0.258 e. The van der Waals surface area contributed by atoms with Gasteiger partial charge in [-0.15, -0.1) is 0 Å². The largest absolute Gasteiger partial charge is 0.361 e. The number of para-hydroxylation sites is 1. The van der Waals surface area contributed by atoms with E-state index >= 15 is 0 Å². The van der Waals surface area contributed by atoms with E-state index in [1.54, 1.807) is 6.07 Å². The molecule has 2 aromatic carbocycles. The number of aromatic amines is 1. The molecule has 0 aliphatic carbocycles. The van der Waals surface area contributed by atoms with Crippen LogP contribution in [0.3, 0.4) is 0 Å². The lowest BCUT2D eigenvalue weighted by Crippen LogP contribution is -2.37. The van der Waals surface area contributed by atoms with Gasteiger partial charge in [-0.1, -0.05) is 36.4 Å². The van der Waals surface area contributed by atoms with Gasteiger partial charge < -0.3 is 4.98 Å². The van der Waals surface area contributed by atoms with Crippen molar-refractivity contribution >= 4 is 28.7 Å². The lowest BCUT2D eigenvalue weighted by Gasteiger charge is -2.12. The van der Waals surface area contributed by atoms with Gasteiger partial charge in [-0.25, -0.2) is 9.97 Å². The Hall–Kier alpha value is -4.00. The highest BCUT2D eigenvalue weighted by molar-refractivity contribution is 6.10. The molecule has 0 saturated carbocycles. The maximum atomic E-state index is 12.9. The summed E-state index contributed by atoms with van der Waals surface area (Å²) >= 11 is 0. The van der Waals surface area contributed by atoms with Crippen LogP contribution in [0.15, 0.2) is 65.8 Å². The van der Waals surface area contributed by atoms with E-state index < -0.39 is 0 Å². The summed E-state index contributed by atoms with van der Waals surface area (Å²) in [6.07, 6.45) is 2.73. The molecule has 0 spiro atoms. The van der Waals surface area contributed by atoms with Gasteiger partial charge in [-0.2, -0.15) is 0 Å². The van der Waals surface area contributed by atoms with E-state index in [4.69, 9.17) is 0 Å². The second-order valence-corrected chi connectivity index (χ2v) is 7.71. The first-order chi connectivity index (χ1) is 15.5. The molecule has 0 fully saturated rings. The Morgan fingerprint density at radius 3 is 2.50 bits per heavy atom. The zero-order valence-corrected chi connectivity index (χ0v) is 18.4. The molecular formula is C25H26N6O. The number of nitrogens with zero attached hydrogens (tertiary/aromatic N) is 3. The first-order valence-corrected chi connectivity index (χ1v) is 10.6. The molecule has 1 amide bonds. The van der Waals surface area contributed by atoms with E-state index in [-0.39, 0.29) is 5.91 Å². The van der Waals surface area contributed by atoms with Crippen molar-refractivity contribution in [2.75, 3.05) is 11.9 Å². The molecule has 7 heteroatoms. The number of hydrogen-bond acceptors (Lipinski definition) is 4. The van der Waals surface area contributed by atoms with Crippen LogP contribution < -0.4 is 10.6 Å². The predicted octanol–water partition coefficient (Wildman–Crippen LogP) is 4.32. The van der Waals surface area contributed by atoms with Crippen molar-refractivity contribution in [2.45, 2.75) is 27.2 Å². The van der Waals surface area contributed by atoms with Crippen molar-refractivity contribution in [1.29, 1.82) is 0 Å². The Morgan fingerprint density at radius 2 is 1.72 bits per heavy atom. The monoisotopic (exact) mass is 426 g/mol. The standard InChI is InChI=1S/C25H26N6O/c1-16-8-4-5-9-20(16)23(32)30-24(31-25-28-17(2)14-18(3)29-25)26-13-12-19-15-27-22-11-7-6-10-21(19)22/h4-11,14-15,27H,12-13H2,1-3H3,(H2,26,28,29,30,31,32). The number of nitrogens with one attached hydrogen (secondary N) is 3. The number of aryl methyl sites for hydroxylation is 3. The summed E-state index contributed by atoms with van der Waals surface area (Å²) in [6.45, 7) is 6.20. The highest BCUT2D eigenvalue weighted by Gasteiger charge is 2.13. The minimum absolute atomic E-state index is 0.231. The molecule has 4 aromatic rings. The van der Waals surface area contributed by atoms with Crippen molar-refractivity contribution < 1.29 is 4.79 Å². The molecule has 0 bridgehead atoms. The molecule has 3 N–H and O–H groups in total. The van der Waals surface area contributed by atoms with Crippen LogP contribution in [0.5, 0.6) is 0 Å². The summed E-state index contributed by atoms with van der Waals surface area (Å²) in [4.78, 5) is 29.6. The number of fused-ring (bicyclic) bond motifs is 1. The van der Waals surface area contributed by atoms with Gasteiger partial charge in [0.05, 0.1) is 0 Å². The predicted molar refractivity (Wildman–Crippen MR) is 128 cm³/mol. The quantitative estimate of drug-likeness (QED) is 0.327. The fourth-order valence-electron chi connectivity index (χ4n) is 3.63. The summed E-state index contributed by atoms with van der Waals surface area (Å²) in [6, 6.07) is 17.5. The molecule has 0 radical (unpaired) electrons. The van der Waals surface area contributed by atoms with Gasteiger partial charge in [-0.05, 0) is 56.5 Å². The third-order valence-electron chi connectivity index (χ3n) is 5.16. The molecule has 0 aliphatic heterocycles. The minimum Gasteiger partial charge on any atom is -0.361 e. The van der Waals surface area contributed by atoms with Crippen molar-refractivity contribution in [2.24, 2.45) is 4.99 Å². The number of carbonyl (C=O) groups is 1. The molecule has 4 rings (SSSR count). The Kier molecular flexibility index (Phi) is 6.26. The first kappa shape index (κ1) is 21.2. The molecule has 2 aromatic heterocycles. The molecule has 0 atom stereocenters. The molecule has 32 heavy (non-hydrogen) atoms. The van der Waals surface area contributed by atoms with Gasteiger partial charge in [-0.3, -0.25) is 20.4 Å². The summed E-state index contributed by atoms with van der Waals surface area (Å²) in [5.74, 6) is 0.493. The number of benzene rings is 2. The van der Waals surface area contributed by atoms with Crippen molar-refractivity contribution in [3.05, 3.63) is 88.9 Å². The van der Waals surface area contributed by atoms with E-state index in [0.29, 0.717) is 24.0 Å². The lowest BCUT2D eigenvalue weighted by molar-refractivity contribution is 0.0976. The van der Waals surface area contributed by atoms with Crippen molar-refractivity contribution in [1.82, 2.24) is 20.3 Å². The Bertz CT molecular complexity index is 1270. The van der Waals surface area contributed by atoms with Gasteiger partial charge >= 0.3 is 0 Å². The number of anilines is 1. The topological polar surface area (TPSA) is 95.1 Å². The van der Waals surface area contributed by atoms with Crippen LogP contribution in [0.2, 0.25) is 0 Å². The average Bonchev–Trinajstić information content (AvgIpc) is 3.16.